The number of rotatable bonds is 4. The maximum absolute atomic E-state index is 12.2. The van der Waals surface area contributed by atoms with Crippen molar-refractivity contribution in [3.05, 3.63) is 59.2 Å². The lowest BCUT2D eigenvalue weighted by atomic mass is 9.95. The summed E-state index contributed by atoms with van der Waals surface area (Å²) in [5, 5.41) is 4.19. The van der Waals surface area contributed by atoms with E-state index in [2.05, 4.69) is 10.5 Å². The van der Waals surface area contributed by atoms with Crippen molar-refractivity contribution >= 4 is 33.4 Å². The summed E-state index contributed by atoms with van der Waals surface area (Å²) in [6.45, 7) is 1.53. The Bertz CT molecular complexity index is 1060. The average molecular weight is 372 g/mol. The molecule has 0 spiro atoms. The zero-order valence-corrected chi connectivity index (χ0v) is 14.9. The van der Waals surface area contributed by atoms with Crippen LogP contribution in [-0.4, -0.2) is 31.6 Å². The van der Waals surface area contributed by atoms with Crippen molar-refractivity contribution in [2.75, 3.05) is 12.5 Å². The maximum Gasteiger partial charge on any atom is 0.294 e. The van der Waals surface area contributed by atoms with Gasteiger partial charge in [0.25, 0.3) is 10.1 Å². The highest BCUT2D eigenvalue weighted by Crippen LogP contribution is 2.31. The number of ether oxygens (including phenoxy) is 1. The smallest absolute Gasteiger partial charge is 0.294 e. The number of ketones is 1. The van der Waals surface area contributed by atoms with Crippen LogP contribution in [-0.2, 0) is 14.9 Å². The van der Waals surface area contributed by atoms with E-state index in [9.17, 15) is 17.8 Å². The number of carbonyl (C=O) groups excluding carboxylic acids is 1. The first kappa shape index (κ1) is 17.8. The van der Waals surface area contributed by atoms with Crippen molar-refractivity contribution < 1.29 is 22.5 Å². The SMILES string of the molecule is COc1cc(S(=O)(=O)O)c(C)cc1N/N=C1\C(=O)C=Cc2ccccc21. The van der Waals surface area contributed by atoms with E-state index in [-0.39, 0.29) is 22.1 Å². The van der Waals surface area contributed by atoms with Crippen LogP contribution in [0.3, 0.4) is 0 Å². The van der Waals surface area contributed by atoms with Gasteiger partial charge >= 0.3 is 0 Å². The van der Waals surface area contributed by atoms with Gasteiger partial charge in [0, 0.05) is 11.6 Å². The van der Waals surface area contributed by atoms with E-state index in [1.165, 1.54) is 32.2 Å². The van der Waals surface area contributed by atoms with E-state index in [4.69, 9.17) is 4.74 Å². The monoisotopic (exact) mass is 372 g/mol. The average Bonchev–Trinajstić information content (AvgIpc) is 2.60. The Morgan fingerprint density at radius 3 is 2.58 bits per heavy atom. The first-order chi connectivity index (χ1) is 12.3. The number of aryl methyl sites for hydroxylation is 1. The highest BCUT2D eigenvalue weighted by Gasteiger charge is 2.20. The topological polar surface area (TPSA) is 105 Å². The zero-order valence-electron chi connectivity index (χ0n) is 14.1. The van der Waals surface area contributed by atoms with Crippen molar-refractivity contribution in [3.63, 3.8) is 0 Å². The number of hydrogen-bond acceptors (Lipinski definition) is 6. The predicted molar refractivity (Wildman–Crippen MR) is 98.2 cm³/mol. The molecule has 8 heteroatoms. The maximum atomic E-state index is 12.2. The third-order valence-electron chi connectivity index (χ3n) is 3.93. The molecule has 1 aliphatic carbocycles. The fourth-order valence-electron chi connectivity index (χ4n) is 2.67. The lowest BCUT2D eigenvalue weighted by Crippen LogP contribution is -2.19. The van der Waals surface area contributed by atoms with E-state index in [0.717, 1.165) is 5.56 Å². The molecule has 134 valence electrons. The van der Waals surface area contributed by atoms with Crippen molar-refractivity contribution in [1.29, 1.82) is 0 Å². The van der Waals surface area contributed by atoms with E-state index in [1.54, 1.807) is 12.1 Å². The van der Waals surface area contributed by atoms with Crippen LogP contribution < -0.4 is 10.2 Å². The normalized spacial score (nSPS) is 15.0. The Hall–Kier alpha value is -2.97. The number of benzene rings is 2. The Labute approximate surface area is 150 Å². The van der Waals surface area contributed by atoms with E-state index in [1.807, 2.05) is 18.2 Å². The van der Waals surface area contributed by atoms with Gasteiger partial charge in [-0.25, -0.2) is 0 Å². The molecule has 0 saturated carbocycles. The number of carbonyl (C=O) groups is 1. The minimum Gasteiger partial charge on any atom is -0.494 e. The highest BCUT2D eigenvalue weighted by molar-refractivity contribution is 7.85. The molecule has 0 radical (unpaired) electrons. The molecule has 1 aliphatic rings. The van der Waals surface area contributed by atoms with Crippen LogP contribution in [0, 0.1) is 6.92 Å². The fourth-order valence-corrected chi connectivity index (χ4v) is 3.39. The minimum absolute atomic E-state index is 0.166. The third-order valence-corrected chi connectivity index (χ3v) is 4.92. The molecule has 0 bridgehead atoms. The van der Waals surface area contributed by atoms with Gasteiger partial charge in [0.2, 0.25) is 5.78 Å². The molecule has 0 aromatic heterocycles. The lowest BCUT2D eigenvalue weighted by Gasteiger charge is -2.14. The Kier molecular flexibility index (Phi) is 4.62. The summed E-state index contributed by atoms with van der Waals surface area (Å²) >= 11 is 0. The van der Waals surface area contributed by atoms with Gasteiger partial charge in [-0.2, -0.15) is 13.5 Å². The Morgan fingerprint density at radius 2 is 1.88 bits per heavy atom. The summed E-state index contributed by atoms with van der Waals surface area (Å²) in [6, 6.07) is 10.0. The van der Waals surface area contributed by atoms with Crippen LogP contribution in [0.2, 0.25) is 0 Å². The number of fused-ring (bicyclic) bond motifs is 1. The number of nitrogens with zero attached hydrogens (tertiary/aromatic N) is 1. The van der Waals surface area contributed by atoms with Crippen molar-refractivity contribution in [1.82, 2.24) is 0 Å². The van der Waals surface area contributed by atoms with Crippen LogP contribution >= 0.6 is 0 Å². The molecule has 7 nitrogen and oxygen atoms in total. The second-order valence-corrected chi connectivity index (χ2v) is 7.04. The summed E-state index contributed by atoms with van der Waals surface area (Å²) in [5.74, 6) is -0.0823. The summed E-state index contributed by atoms with van der Waals surface area (Å²) in [5.41, 5.74) is 5.24. The largest absolute Gasteiger partial charge is 0.494 e. The molecule has 0 atom stereocenters. The molecular weight excluding hydrogens is 356 g/mol. The van der Waals surface area contributed by atoms with Gasteiger partial charge in [0.1, 0.15) is 16.4 Å². The van der Waals surface area contributed by atoms with Crippen molar-refractivity contribution in [2.45, 2.75) is 11.8 Å². The van der Waals surface area contributed by atoms with Gasteiger partial charge in [0.05, 0.1) is 12.8 Å². The minimum atomic E-state index is -4.37. The number of hydrogen-bond donors (Lipinski definition) is 2. The van der Waals surface area contributed by atoms with E-state index >= 15 is 0 Å². The van der Waals surface area contributed by atoms with Gasteiger partial charge in [-0.1, -0.05) is 30.3 Å². The first-order valence-corrected chi connectivity index (χ1v) is 9.07. The molecule has 0 unspecified atom stereocenters. The molecule has 0 aliphatic heterocycles. The molecule has 2 N–H and O–H groups in total. The number of hydrazone groups is 1. The van der Waals surface area contributed by atoms with Gasteiger partial charge in [-0.15, -0.1) is 0 Å². The zero-order chi connectivity index (χ0) is 18.9. The van der Waals surface area contributed by atoms with Crippen LogP contribution in [0.15, 0.2) is 52.5 Å². The number of nitrogens with one attached hydrogen (secondary N) is 1. The standard InChI is InChI=1S/C18H16N2O5S/c1-11-9-14(16(25-2)10-17(11)26(22,23)24)19-20-18-13-6-4-3-5-12(13)7-8-15(18)21/h3-10,19H,1-2H3,(H,22,23,24)/b20-18-. The predicted octanol–water partition coefficient (Wildman–Crippen LogP) is 2.66. The summed E-state index contributed by atoms with van der Waals surface area (Å²) in [7, 11) is -3.01. The molecule has 0 heterocycles. The fraction of sp³-hybridized carbons (Fsp3) is 0.111. The highest BCUT2D eigenvalue weighted by atomic mass is 32.2. The Morgan fingerprint density at radius 1 is 1.15 bits per heavy atom. The van der Waals surface area contributed by atoms with Crippen LogP contribution in [0.25, 0.3) is 6.08 Å². The van der Waals surface area contributed by atoms with Gasteiger partial charge < -0.3 is 4.74 Å². The molecular formula is C18H16N2O5S. The third kappa shape index (κ3) is 3.37. The molecule has 0 saturated heterocycles. The molecule has 2 aromatic rings. The second kappa shape index (κ2) is 6.74. The molecule has 26 heavy (non-hydrogen) atoms. The lowest BCUT2D eigenvalue weighted by molar-refractivity contribution is -0.108. The van der Waals surface area contributed by atoms with E-state index in [0.29, 0.717) is 16.8 Å². The van der Waals surface area contributed by atoms with Gasteiger partial charge in [0.15, 0.2) is 0 Å². The van der Waals surface area contributed by atoms with Gasteiger partial charge in [-0.05, 0) is 30.2 Å². The molecule has 0 fully saturated rings. The molecule has 0 amide bonds. The number of anilines is 1. The van der Waals surface area contributed by atoms with Crippen LogP contribution in [0.5, 0.6) is 5.75 Å². The first-order valence-electron chi connectivity index (χ1n) is 7.63. The number of methoxy groups -OCH3 is 1. The Balaban J connectivity index is 2.02. The number of allylic oxidation sites excluding steroid dienone is 1. The summed E-state index contributed by atoms with van der Waals surface area (Å²) < 4.78 is 37.3. The summed E-state index contributed by atoms with van der Waals surface area (Å²) in [4.78, 5) is 11.9. The van der Waals surface area contributed by atoms with Crippen molar-refractivity contribution in [2.24, 2.45) is 5.10 Å². The molecule has 2 aromatic carbocycles. The van der Waals surface area contributed by atoms with Crippen LogP contribution in [0.1, 0.15) is 16.7 Å². The van der Waals surface area contributed by atoms with Crippen LogP contribution in [0.4, 0.5) is 5.69 Å². The van der Waals surface area contributed by atoms with E-state index < -0.39 is 10.1 Å². The quantitative estimate of drug-likeness (QED) is 0.631. The second-order valence-electron chi connectivity index (χ2n) is 5.65. The molecule has 3 rings (SSSR count). The van der Waals surface area contributed by atoms with Gasteiger partial charge in [-0.3, -0.25) is 14.8 Å². The van der Waals surface area contributed by atoms with Crippen molar-refractivity contribution in [3.8, 4) is 5.75 Å². The summed E-state index contributed by atoms with van der Waals surface area (Å²) in [6.07, 6.45) is 3.16.